The number of aromatic hydroxyl groups is 1. The fourth-order valence-electron chi connectivity index (χ4n) is 5.28. The molecule has 44 heavy (non-hydrogen) atoms. The van der Waals surface area contributed by atoms with Gasteiger partial charge in [0, 0.05) is 62.1 Å². The van der Waals surface area contributed by atoms with E-state index in [1.54, 1.807) is 6.07 Å². The number of carbonyl (C=O) groups excluding carboxylic acids is 1. The van der Waals surface area contributed by atoms with E-state index in [0.29, 0.717) is 50.9 Å². The Kier molecular flexibility index (Phi) is 9.02. The average molecular weight is 618 g/mol. The van der Waals surface area contributed by atoms with Gasteiger partial charge in [0.2, 0.25) is 17.8 Å². The van der Waals surface area contributed by atoms with Crippen molar-refractivity contribution < 1.29 is 27.9 Å². The van der Waals surface area contributed by atoms with Crippen molar-refractivity contribution in [3.05, 3.63) is 54.1 Å². The molecular formula is C27H34F3N11O3. The molecule has 4 atom stereocenters. The molecule has 14 nitrogen and oxygen atoms in total. The largest absolute Gasteiger partial charge is 0.544 e. The zero-order chi connectivity index (χ0) is 31.6. The maximum absolute atomic E-state index is 13.2. The van der Waals surface area contributed by atoms with E-state index in [9.17, 15) is 23.1 Å². The molecule has 1 amide bonds. The predicted octanol–water partition coefficient (Wildman–Crippen LogP) is 1.15. The molecule has 2 fully saturated rings. The Morgan fingerprint density at radius 2 is 1.39 bits per heavy atom. The Morgan fingerprint density at radius 1 is 0.864 bits per heavy atom. The van der Waals surface area contributed by atoms with Crippen LogP contribution in [0.25, 0.3) is 0 Å². The standard InChI is InChI=1S/C27H34F3N11O3/c28-27(29,30)44-41(20-4-2-1-3-5-20)23(43)21-7-6-19(10-22(21)42)35-24-36-25(39-11-15(31)8-16(32)12-39)38-26(37-24)40-13-17(33)9-18(34)14-40/h1-7,10,15-18,42H,8-9,11-14,31-34H2,(H,35,36,37,38). The van der Waals surface area contributed by atoms with Crippen LogP contribution < -0.4 is 43.1 Å². The van der Waals surface area contributed by atoms with Crippen molar-refractivity contribution in [2.75, 3.05) is 46.4 Å². The number of nitrogens with two attached hydrogens (primary N) is 4. The van der Waals surface area contributed by atoms with Crippen molar-refractivity contribution >= 4 is 35.1 Å². The van der Waals surface area contributed by atoms with E-state index in [1.807, 2.05) is 9.80 Å². The third kappa shape index (κ3) is 7.61. The minimum Gasteiger partial charge on any atom is -0.507 e. The van der Waals surface area contributed by atoms with E-state index < -0.39 is 23.6 Å². The molecule has 0 saturated carbocycles. The first-order valence-corrected chi connectivity index (χ1v) is 13.9. The number of rotatable bonds is 7. The van der Waals surface area contributed by atoms with Gasteiger partial charge in [0.15, 0.2) is 0 Å². The third-order valence-electron chi connectivity index (χ3n) is 7.06. The number of hydroxylamine groups is 1. The molecule has 2 aliphatic rings. The maximum Gasteiger partial charge on any atom is 0.544 e. The van der Waals surface area contributed by atoms with Crippen LogP contribution in [0.3, 0.4) is 0 Å². The second-order valence-electron chi connectivity index (χ2n) is 10.9. The number of para-hydroxylation sites is 1. The summed E-state index contributed by atoms with van der Waals surface area (Å²) in [7, 11) is 0. The second-order valence-corrected chi connectivity index (χ2v) is 10.9. The summed E-state index contributed by atoms with van der Waals surface area (Å²) in [5.74, 6) is -1.13. The summed E-state index contributed by atoms with van der Waals surface area (Å²) in [6.07, 6.45) is -3.87. The number of benzene rings is 2. The monoisotopic (exact) mass is 617 g/mol. The number of hydrogen-bond acceptors (Lipinski definition) is 13. The summed E-state index contributed by atoms with van der Waals surface area (Å²) in [4.78, 5) is 34.5. The second kappa shape index (κ2) is 12.7. The number of phenols is 1. The number of halogens is 3. The van der Waals surface area contributed by atoms with Gasteiger partial charge >= 0.3 is 6.36 Å². The lowest BCUT2D eigenvalue weighted by molar-refractivity contribution is -0.325. The van der Waals surface area contributed by atoms with E-state index in [1.165, 1.54) is 30.3 Å². The van der Waals surface area contributed by atoms with Crippen molar-refractivity contribution in [2.45, 2.75) is 43.4 Å². The highest BCUT2D eigenvalue weighted by molar-refractivity contribution is 6.06. The molecule has 2 aromatic carbocycles. The molecule has 2 saturated heterocycles. The number of piperidine rings is 2. The van der Waals surface area contributed by atoms with Gasteiger partial charge in [0.25, 0.3) is 5.91 Å². The number of alkyl halides is 3. The maximum atomic E-state index is 13.2. The summed E-state index contributed by atoms with van der Waals surface area (Å²) < 4.78 is 39.5. The van der Waals surface area contributed by atoms with Gasteiger partial charge in [-0.3, -0.25) is 4.79 Å². The van der Waals surface area contributed by atoms with Crippen molar-refractivity contribution in [3.63, 3.8) is 0 Å². The number of hydrogen-bond donors (Lipinski definition) is 6. The van der Waals surface area contributed by atoms with Crippen LogP contribution in [-0.4, -0.2) is 82.7 Å². The number of carbonyl (C=O) groups is 1. The lowest BCUT2D eigenvalue weighted by Crippen LogP contribution is -2.54. The molecule has 2 aliphatic heterocycles. The van der Waals surface area contributed by atoms with E-state index in [0.717, 1.165) is 12.1 Å². The highest BCUT2D eigenvalue weighted by Crippen LogP contribution is 2.31. The SMILES string of the molecule is NC1CC(N)CN(c2nc(Nc3ccc(C(=O)N(OC(F)(F)F)c4ccccc4)c(O)c3)nc(N3CC(N)CC(N)C3)n2)C1. The molecule has 236 valence electrons. The van der Waals surface area contributed by atoms with Gasteiger partial charge in [0.05, 0.1) is 11.3 Å². The van der Waals surface area contributed by atoms with Crippen molar-refractivity contribution in [1.82, 2.24) is 15.0 Å². The summed E-state index contributed by atoms with van der Waals surface area (Å²) >= 11 is 0. The smallest absolute Gasteiger partial charge is 0.507 e. The Morgan fingerprint density at radius 3 is 1.86 bits per heavy atom. The molecule has 0 bridgehead atoms. The van der Waals surface area contributed by atoms with Gasteiger partial charge in [-0.05, 0) is 37.1 Å². The van der Waals surface area contributed by atoms with Crippen molar-refractivity contribution in [2.24, 2.45) is 22.9 Å². The van der Waals surface area contributed by atoms with Gasteiger partial charge in [-0.2, -0.15) is 24.9 Å². The molecule has 17 heteroatoms. The normalized spacial score (nSPS) is 22.5. The third-order valence-corrected chi connectivity index (χ3v) is 7.06. The molecule has 10 N–H and O–H groups in total. The highest BCUT2D eigenvalue weighted by atomic mass is 19.4. The lowest BCUT2D eigenvalue weighted by atomic mass is 10.0. The van der Waals surface area contributed by atoms with Crippen molar-refractivity contribution in [3.8, 4) is 5.75 Å². The molecule has 1 aromatic heterocycles. The zero-order valence-corrected chi connectivity index (χ0v) is 23.6. The van der Waals surface area contributed by atoms with Gasteiger partial charge < -0.3 is 43.2 Å². The van der Waals surface area contributed by atoms with Crippen LogP contribution in [0, 0.1) is 0 Å². The molecule has 5 rings (SSSR count). The molecule has 3 aromatic rings. The van der Waals surface area contributed by atoms with Gasteiger partial charge in [-0.25, -0.2) is 0 Å². The van der Waals surface area contributed by atoms with Crippen LogP contribution >= 0.6 is 0 Å². The highest BCUT2D eigenvalue weighted by Gasteiger charge is 2.37. The minimum absolute atomic E-state index is 0.0642. The van der Waals surface area contributed by atoms with Crippen LogP contribution in [0.4, 0.5) is 42.4 Å². The Labute approximate surface area is 250 Å². The summed E-state index contributed by atoms with van der Waals surface area (Å²) in [5, 5.41) is 13.8. The predicted molar refractivity (Wildman–Crippen MR) is 157 cm³/mol. The number of aromatic nitrogens is 3. The lowest BCUT2D eigenvalue weighted by Gasteiger charge is -2.37. The number of anilines is 5. The summed E-state index contributed by atoms with van der Waals surface area (Å²) in [6.45, 7) is 1.85. The Balaban J connectivity index is 1.44. The Bertz CT molecular complexity index is 1400. The first kappa shape index (κ1) is 31.1. The van der Waals surface area contributed by atoms with E-state index in [2.05, 4.69) is 25.1 Å². The van der Waals surface area contributed by atoms with Crippen molar-refractivity contribution in [1.29, 1.82) is 0 Å². The van der Waals surface area contributed by atoms with Gasteiger partial charge in [-0.1, -0.05) is 18.2 Å². The first-order chi connectivity index (χ1) is 20.8. The van der Waals surface area contributed by atoms with Crippen LogP contribution in [0.15, 0.2) is 48.5 Å². The van der Waals surface area contributed by atoms with E-state index >= 15 is 0 Å². The average Bonchev–Trinajstić information content (AvgIpc) is 2.94. The molecular weight excluding hydrogens is 583 g/mol. The number of nitrogens with one attached hydrogen (secondary N) is 1. The number of phenolic OH excluding ortho intramolecular Hbond substituents is 1. The van der Waals surface area contributed by atoms with Gasteiger partial charge in [0.1, 0.15) is 5.75 Å². The van der Waals surface area contributed by atoms with Crippen LogP contribution in [-0.2, 0) is 4.84 Å². The fraction of sp³-hybridized carbons (Fsp3) is 0.407. The molecule has 3 heterocycles. The van der Waals surface area contributed by atoms with Crippen LogP contribution in [0.1, 0.15) is 23.2 Å². The van der Waals surface area contributed by atoms with E-state index in [4.69, 9.17) is 22.9 Å². The van der Waals surface area contributed by atoms with Crippen LogP contribution in [0.5, 0.6) is 5.75 Å². The summed E-state index contributed by atoms with van der Waals surface area (Å²) in [5.41, 5.74) is 24.4. The summed E-state index contributed by atoms with van der Waals surface area (Å²) in [6, 6.07) is 9.91. The van der Waals surface area contributed by atoms with Crippen LogP contribution in [0.2, 0.25) is 0 Å². The minimum atomic E-state index is -5.17. The molecule has 0 radical (unpaired) electrons. The number of nitrogens with zero attached hydrogens (tertiary/aromatic N) is 6. The fourth-order valence-corrected chi connectivity index (χ4v) is 5.28. The Hall–Kier alpha value is -4.29. The molecule has 0 aliphatic carbocycles. The zero-order valence-electron chi connectivity index (χ0n) is 23.6. The molecule has 4 unspecified atom stereocenters. The molecule has 0 spiro atoms. The quantitative estimate of drug-likeness (QED) is 0.206. The van der Waals surface area contributed by atoms with E-state index in [-0.39, 0.29) is 46.6 Å². The first-order valence-electron chi connectivity index (χ1n) is 13.9. The topological polar surface area (TPSA) is 211 Å². The van der Waals surface area contributed by atoms with Gasteiger partial charge in [-0.15, -0.1) is 13.2 Å². The number of amides is 1.